The molecule has 0 saturated carbocycles. The maximum absolute atomic E-state index is 6.01. The predicted octanol–water partition coefficient (Wildman–Crippen LogP) is 2.52. The third-order valence-corrected chi connectivity index (χ3v) is 3.00. The van der Waals surface area contributed by atoms with Crippen LogP contribution in [0.2, 0.25) is 0 Å². The van der Waals surface area contributed by atoms with Gasteiger partial charge in [0.1, 0.15) is 11.9 Å². The molecule has 1 unspecified atom stereocenters. The largest absolute Gasteiger partial charge is 0.488 e. The first-order valence-corrected chi connectivity index (χ1v) is 6.65. The Labute approximate surface area is 109 Å². The lowest BCUT2D eigenvalue weighted by atomic mass is 9.96. The van der Waals surface area contributed by atoms with Gasteiger partial charge in [-0.05, 0) is 50.8 Å². The van der Waals surface area contributed by atoms with Crippen molar-refractivity contribution in [3.63, 3.8) is 0 Å². The molecule has 1 aromatic rings. The Morgan fingerprint density at radius 2 is 2.06 bits per heavy atom. The summed E-state index contributed by atoms with van der Waals surface area (Å²) in [4.78, 5) is 0. The molecule has 1 aliphatic heterocycles. The second kappa shape index (κ2) is 5.72. The van der Waals surface area contributed by atoms with Gasteiger partial charge in [-0.15, -0.1) is 0 Å². The summed E-state index contributed by atoms with van der Waals surface area (Å²) >= 11 is 0. The van der Waals surface area contributed by atoms with Gasteiger partial charge in [0.15, 0.2) is 0 Å². The van der Waals surface area contributed by atoms with Crippen LogP contribution in [0.5, 0.6) is 5.75 Å². The van der Waals surface area contributed by atoms with Gasteiger partial charge < -0.3 is 15.2 Å². The third-order valence-electron chi connectivity index (χ3n) is 3.00. The van der Waals surface area contributed by atoms with Crippen molar-refractivity contribution < 1.29 is 9.47 Å². The van der Waals surface area contributed by atoms with Gasteiger partial charge in [0, 0.05) is 12.1 Å². The SMILES string of the molecule is CC(C)(N)Cc1ccc(OC2CCCOC2)cc1. The first kappa shape index (κ1) is 13.4. The summed E-state index contributed by atoms with van der Waals surface area (Å²) in [5, 5.41) is 0. The molecule has 3 heteroatoms. The molecule has 1 fully saturated rings. The quantitative estimate of drug-likeness (QED) is 0.891. The highest BCUT2D eigenvalue weighted by Crippen LogP contribution is 2.19. The summed E-state index contributed by atoms with van der Waals surface area (Å²) in [6.45, 7) is 5.65. The number of nitrogens with two attached hydrogens (primary N) is 1. The molecular formula is C15H23NO2. The van der Waals surface area contributed by atoms with Gasteiger partial charge in [-0.2, -0.15) is 0 Å². The molecule has 1 aliphatic rings. The van der Waals surface area contributed by atoms with E-state index in [0.29, 0.717) is 6.61 Å². The van der Waals surface area contributed by atoms with Crippen molar-refractivity contribution in [2.24, 2.45) is 5.73 Å². The van der Waals surface area contributed by atoms with Gasteiger partial charge >= 0.3 is 0 Å². The Hall–Kier alpha value is -1.06. The van der Waals surface area contributed by atoms with Crippen molar-refractivity contribution in [3.05, 3.63) is 29.8 Å². The van der Waals surface area contributed by atoms with E-state index in [2.05, 4.69) is 12.1 Å². The Morgan fingerprint density at radius 3 is 2.61 bits per heavy atom. The fourth-order valence-electron chi connectivity index (χ4n) is 2.21. The number of benzene rings is 1. The Morgan fingerprint density at radius 1 is 1.33 bits per heavy atom. The van der Waals surface area contributed by atoms with Crippen LogP contribution >= 0.6 is 0 Å². The van der Waals surface area contributed by atoms with Crippen molar-refractivity contribution in [1.29, 1.82) is 0 Å². The van der Waals surface area contributed by atoms with Crippen LogP contribution in [0.1, 0.15) is 32.3 Å². The number of hydrogen-bond acceptors (Lipinski definition) is 3. The van der Waals surface area contributed by atoms with E-state index in [1.165, 1.54) is 5.56 Å². The molecule has 0 amide bonds. The number of ether oxygens (including phenoxy) is 2. The zero-order valence-corrected chi connectivity index (χ0v) is 11.3. The van der Waals surface area contributed by atoms with Crippen molar-refractivity contribution in [1.82, 2.24) is 0 Å². The van der Waals surface area contributed by atoms with Gasteiger partial charge in [-0.3, -0.25) is 0 Å². The Balaban J connectivity index is 1.90. The third kappa shape index (κ3) is 4.31. The van der Waals surface area contributed by atoms with Crippen molar-refractivity contribution >= 4 is 0 Å². The lowest BCUT2D eigenvalue weighted by molar-refractivity contribution is 0.00742. The summed E-state index contributed by atoms with van der Waals surface area (Å²) < 4.78 is 11.3. The van der Waals surface area contributed by atoms with Crippen molar-refractivity contribution in [3.8, 4) is 5.75 Å². The predicted molar refractivity (Wildman–Crippen MR) is 72.9 cm³/mol. The zero-order chi connectivity index (χ0) is 13.0. The fourth-order valence-corrected chi connectivity index (χ4v) is 2.21. The molecule has 1 saturated heterocycles. The second-order valence-electron chi connectivity index (χ2n) is 5.77. The molecule has 1 heterocycles. The average Bonchev–Trinajstić information content (AvgIpc) is 2.31. The van der Waals surface area contributed by atoms with Gasteiger partial charge in [0.2, 0.25) is 0 Å². The highest BCUT2D eigenvalue weighted by Gasteiger charge is 2.15. The van der Waals surface area contributed by atoms with Gasteiger partial charge in [-0.1, -0.05) is 12.1 Å². The normalized spacial score (nSPS) is 20.7. The van der Waals surface area contributed by atoms with E-state index in [1.807, 2.05) is 26.0 Å². The van der Waals surface area contributed by atoms with Crippen LogP contribution < -0.4 is 10.5 Å². The molecule has 2 N–H and O–H groups in total. The van der Waals surface area contributed by atoms with E-state index in [-0.39, 0.29) is 11.6 Å². The topological polar surface area (TPSA) is 44.5 Å². The summed E-state index contributed by atoms with van der Waals surface area (Å²) in [6, 6.07) is 8.23. The molecule has 0 aromatic heterocycles. The molecule has 0 aliphatic carbocycles. The van der Waals surface area contributed by atoms with Crippen LogP contribution in [-0.4, -0.2) is 24.9 Å². The van der Waals surface area contributed by atoms with Crippen LogP contribution in [-0.2, 0) is 11.2 Å². The van der Waals surface area contributed by atoms with E-state index >= 15 is 0 Å². The first-order valence-electron chi connectivity index (χ1n) is 6.65. The van der Waals surface area contributed by atoms with Crippen LogP contribution in [0.15, 0.2) is 24.3 Å². The molecule has 1 aromatic carbocycles. The molecule has 2 rings (SSSR count). The monoisotopic (exact) mass is 249 g/mol. The van der Waals surface area contributed by atoms with E-state index in [1.54, 1.807) is 0 Å². The maximum Gasteiger partial charge on any atom is 0.122 e. The van der Waals surface area contributed by atoms with Crippen LogP contribution in [0.3, 0.4) is 0 Å². The number of rotatable bonds is 4. The summed E-state index contributed by atoms with van der Waals surface area (Å²) in [6.07, 6.45) is 3.25. The van der Waals surface area contributed by atoms with E-state index in [4.69, 9.17) is 15.2 Å². The maximum atomic E-state index is 6.01. The van der Waals surface area contributed by atoms with E-state index < -0.39 is 0 Å². The summed E-state index contributed by atoms with van der Waals surface area (Å²) in [5.41, 5.74) is 7.09. The van der Waals surface area contributed by atoms with Gasteiger partial charge in [0.05, 0.1) is 6.61 Å². The molecule has 100 valence electrons. The Kier molecular flexibility index (Phi) is 4.25. The molecule has 18 heavy (non-hydrogen) atoms. The first-order chi connectivity index (χ1) is 8.53. The molecule has 0 spiro atoms. The van der Waals surface area contributed by atoms with Crippen LogP contribution in [0.4, 0.5) is 0 Å². The summed E-state index contributed by atoms with van der Waals surface area (Å²) in [7, 11) is 0. The highest BCUT2D eigenvalue weighted by atomic mass is 16.5. The minimum atomic E-state index is -0.167. The molecule has 0 bridgehead atoms. The fraction of sp³-hybridized carbons (Fsp3) is 0.600. The highest BCUT2D eigenvalue weighted by molar-refractivity contribution is 5.28. The molecule has 0 radical (unpaired) electrons. The lowest BCUT2D eigenvalue weighted by Gasteiger charge is -2.23. The molecule has 1 atom stereocenters. The van der Waals surface area contributed by atoms with Crippen LogP contribution in [0.25, 0.3) is 0 Å². The molecule has 3 nitrogen and oxygen atoms in total. The zero-order valence-electron chi connectivity index (χ0n) is 11.3. The standard InChI is InChI=1S/C15H23NO2/c1-15(2,16)10-12-5-7-13(8-6-12)18-14-4-3-9-17-11-14/h5-8,14H,3-4,9-11,16H2,1-2H3. The van der Waals surface area contributed by atoms with E-state index in [0.717, 1.165) is 31.6 Å². The van der Waals surface area contributed by atoms with Gasteiger partial charge in [-0.25, -0.2) is 0 Å². The minimum absolute atomic E-state index is 0.167. The Bertz CT molecular complexity index is 361. The smallest absolute Gasteiger partial charge is 0.122 e. The summed E-state index contributed by atoms with van der Waals surface area (Å²) in [5.74, 6) is 0.920. The lowest BCUT2D eigenvalue weighted by Crippen LogP contribution is -2.34. The van der Waals surface area contributed by atoms with E-state index in [9.17, 15) is 0 Å². The average molecular weight is 249 g/mol. The van der Waals surface area contributed by atoms with Crippen molar-refractivity contribution in [2.75, 3.05) is 13.2 Å². The number of hydrogen-bond donors (Lipinski definition) is 1. The molecular weight excluding hydrogens is 226 g/mol. The second-order valence-corrected chi connectivity index (χ2v) is 5.77. The van der Waals surface area contributed by atoms with Gasteiger partial charge in [0.25, 0.3) is 0 Å². The van der Waals surface area contributed by atoms with Crippen LogP contribution in [0, 0.1) is 0 Å². The minimum Gasteiger partial charge on any atom is -0.488 e. The van der Waals surface area contributed by atoms with Crippen molar-refractivity contribution in [2.45, 2.75) is 44.8 Å².